The monoisotopic (exact) mass is 394 g/mol. The van der Waals surface area contributed by atoms with E-state index in [2.05, 4.69) is 30.1 Å². The molecule has 6 aromatic rings. The molecule has 6 rings (SSSR count). The molecule has 0 amide bonds. The maximum absolute atomic E-state index is 9.75. The number of furan rings is 1. The van der Waals surface area contributed by atoms with Gasteiger partial charge in [-0.05, 0) is 35.9 Å². The minimum atomic E-state index is 0.105. The van der Waals surface area contributed by atoms with Crippen LogP contribution in [0.2, 0.25) is 0 Å². The fourth-order valence-corrected chi connectivity index (χ4v) is 3.68. The molecule has 0 aliphatic carbocycles. The molecule has 0 saturated carbocycles. The summed E-state index contributed by atoms with van der Waals surface area (Å²) in [5.41, 5.74) is 6.63. The Hall–Kier alpha value is -4.46. The molecule has 6 heterocycles. The molecule has 0 aliphatic rings. The highest BCUT2D eigenvalue weighted by atomic mass is 16.3. The molecule has 0 unspecified atom stereocenters. The normalized spacial score (nSPS) is 11.5. The van der Waals surface area contributed by atoms with Crippen molar-refractivity contribution in [3.63, 3.8) is 0 Å². The van der Waals surface area contributed by atoms with Gasteiger partial charge in [0.15, 0.2) is 5.65 Å². The minimum absolute atomic E-state index is 0.105. The van der Waals surface area contributed by atoms with Crippen LogP contribution >= 0.6 is 0 Å². The fourth-order valence-electron chi connectivity index (χ4n) is 3.68. The zero-order valence-corrected chi connectivity index (χ0v) is 15.5. The first-order chi connectivity index (χ1) is 14.8. The first-order valence-electron chi connectivity index (χ1n) is 9.25. The van der Waals surface area contributed by atoms with Crippen molar-refractivity contribution in [1.82, 2.24) is 30.1 Å². The third-order valence-electron chi connectivity index (χ3n) is 5.09. The van der Waals surface area contributed by atoms with Gasteiger partial charge in [-0.1, -0.05) is 0 Å². The Balaban J connectivity index is 1.52. The number of nitrogens with one attached hydrogen (secondary N) is 2. The van der Waals surface area contributed by atoms with Gasteiger partial charge in [0.05, 0.1) is 24.4 Å². The summed E-state index contributed by atoms with van der Waals surface area (Å²) in [7, 11) is 0. The average Bonchev–Trinajstić information content (AvgIpc) is 3.51. The summed E-state index contributed by atoms with van der Waals surface area (Å²) in [5.74, 6) is 0.105. The maximum atomic E-state index is 9.75. The van der Waals surface area contributed by atoms with Crippen LogP contribution in [0.4, 0.5) is 0 Å². The highest BCUT2D eigenvalue weighted by Gasteiger charge is 2.16. The predicted octanol–water partition coefficient (Wildman–Crippen LogP) is 4.53. The molecule has 144 valence electrons. The van der Waals surface area contributed by atoms with Gasteiger partial charge in [-0.15, -0.1) is 0 Å². The summed E-state index contributed by atoms with van der Waals surface area (Å²) in [6.45, 7) is 0. The van der Waals surface area contributed by atoms with E-state index in [1.54, 1.807) is 37.2 Å². The van der Waals surface area contributed by atoms with E-state index in [0.717, 1.165) is 50.1 Å². The highest BCUT2D eigenvalue weighted by molar-refractivity contribution is 5.99. The second-order valence-electron chi connectivity index (χ2n) is 6.94. The lowest BCUT2D eigenvalue weighted by Gasteiger charge is -2.02. The number of aromatic hydroxyl groups is 1. The Kier molecular flexibility index (Phi) is 3.45. The molecule has 0 fully saturated rings. The van der Waals surface area contributed by atoms with Gasteiger partial charge in [0.2, 0.25) is 0 Å². The van der Waals surface area contributed by atoms with Crippen molar-refractivity contribution in [2.24, 2.45) is 0 Å². The van der Waals surface area contributed by atoms with Gasteiger partial charge in [-0.2, -0.15) is 5.10 Å². The standard InChI is InChI=1S/C22H14N6O2/c29-15-5-13(8-23-10-15)14-6-18-20(27-28-22(18)25-9-14)19-7-17-16(12-2-4-30-11-12)1-3-24-21(17)26-19/h1-11,29H,(H,24,26)(H,25,27,28). The second kappa shape index (κ2) is 6.28. The molecule has 8 nitrogen and oxygen atoms in total. The number of hydrogen-bond donors (Lipinski definition) is 3. The quantitative estimate of drug-likeness (QED) is 0.406. The number of hydrogen-bond acceptors (Lipinski definition) is 6. The fraction of sp³-hybridized carbons (Fsp3) is 0. The van der Waals surface area contributed by atoms with Crippen LogP contribution in [0, 0.1) is 0 Å². The summed E-state index contributed by atoms with van der Waals surface area (Å²) < 4.78 is 5.24. The van der Waals surface area contributed by atoms with Gasteiger partial charge in [-0.25, -0.2) is 9.97 Å². The Morgan fingerprint density at radius 2 is 1.80 bits per heavy atom. The number of aromatic amines is 2. The van der Waals surface area contributed by atoms with Gasteiger partial charge in [-0.3, -0.25) is 10.1 Å². The molecule has 3 N–H and O–H groups in total. The highest BCUT2D eigenvalue weighted by Crippen LogP contribution is 2.34. The van der Waals surface area contributed by atoms with Crippen LogP contribution in [-0.2, 0) is 0 Å². The van der Waals surface area contributed by atoms with E-state index in [1.807, 2.05) is 24.3 Å². The Labute approximate surface area is 169 Å². The largest absolute Gasteiger partial charge is 0.506 e. The molecule has 0 spiro atoms. The molecule has 8 heteroatoms. The van der Waals surface area contributed by atoms with Crippen LogP contribution in [-0.4, -0.2) is 35.2 Å². The Bertz CT molecular complexity index is 1510. The van der Waals surface area contributed by atoms with E-state index in [0.29, 0.717) is 5.65 Å². The number of aromatic nitrogens is 6. The van der Waals surface area contributed by atoms with Crippen LogP contribution in [0.5, 0.6) is 5.75 Å². The molecule has 0 aliphatic heterocycles. The molecule has 0 saturated heterocycles. The van der Waals surface area contributed by atoms with Crippen molar-refractivity contribution in [1.29, 1.82) is 0 Å². The number of nitrogens with zero attached hydrogens (tertiary/aromatic N) is 4. The average molecular weight is 394 g/mol. The number of H-pyrrole nitrogens is 2. The zero-order chi connectivity index (χ0) is 20.1. The molecule has 30 heavy (non-hydrogen) atoms. The Morgan fingerprint density at radius 1 is 0.867 bits per heavy atom. The summed E-state index contributed by atoms with van der Waals surface area (Å²) in [4.78, 5) is 16.3. The third kappa shape index (κ3) is 2.55. The zero-order valence-electron chi connectivity index (χ0n) is 15.5. The van der Waals surface area contributed by atoms with Crippen molar-refractivity contribution in [2.45, 2.75) is 0 Å². The second-order valence-corrected chi connectivity index (χ2v) is 6.94. The molecule has 6 aromatic heterocycles. The molecular formula is C22H14N6O2. The van der Waals surface area contributed by atoms with Crippen molar-refractivity contribution >= 4 is 22.1 Å². The number of rotatable bonds is 3. The van der Waals surface area contributed by atoms with Gasteiger partial charge < -0.3 is 14.5 Å². The van der Waals surface area contributed by atoms with E-state index in [9.17, 15) is 5.11 Å². The SMILES string of the molecule is Oc1cncc(-c2cnc3[nH]nc(-c4cc5c(-c6ccoc6)ccnc5[nH]4)c3c2)c1. The lowest BCUT2D eigenvalue weighted by atomic mass is 10.1. The molecule has 0 radical (unpaired) electrons. The van der Waals surface area contributed by atoms with Gasteiger partial charge in [0.1, 0.15) is 17.1 Å². The smallest absolute Gasteiger partial charge is 0.155 e. The summed E-state index contributed by atoms with van der Waals surface area (Å²) in [6.07, 6.45) is 9.94. The van der Waals surface area contributed by atoms with E-state index in [4.69, 9.17) is 4.42 Å². The van der Waals surface area contributed by atoms with Crippen LogP contribution in [0.1, 0.15) is 0 Å². The van der Waals surface area contributed by atoms with Gasteiger partial charge >= 0.3 is 0 Å². The Morgan fingerprint density at radius 3 is 2.67 bits per heavy atom. The molecule has 0 bridgehead atoms. The first kappa shape index (κ1) is 16.5. The van der Waals surface area contributed by atoms with Crippen molar-refractivity contribution in [2.75, 3.05) is 0 Å². The maximum Gasteiger partial charge on any atom is 0.155 e. The number of fused-ring (bicyclic) bond motifs is 2. The summed E-state index contributed by atoms with van der Waals surface area (Å²) in [5, 5.41) is 19.0. The van der Waals surface area contributed by atoms with Crippen molar-refractivity contribution < 1.29 is 9.52 Å². The lowest BCUT2D eigenvalue weighted by molar-refractivity contribution is 0.473. The van der Waals surface area contributed by atoms with Crippen LogP contribution < -0.4 is 0 Å². The van der Waals surface area contributed by atoms with E-state index in [-0.39, 0.29) is 5.75 Å². The minimum Gasteiger partial charge on any atom is -0.506 e. The van der Waals surface area contributed by atoms with Gasteiger partial charge in [0.25, 0.3) is 0 Å². The predicted molar refractivity (Wildman–Crippen MR) is 112 cm³/mol. The van der Waals surface area contributed by atoms with Crippen LogP contribution in [0.3, 0.4) is 0 Å². The first-order valence-corrected chi connectivity index (χ1v) is 9.25. The van der Waals surface area contributed by atoms with Crippen LogP contribution in [0.15, 0.2) is 72.1 Å². The third-order valence-corrected chi connectivity index (χ3v) is 5.09. The molecule has 0 aromatic carbocycles. The lowest BCUT2D eigenvalue weighted by Crippen LogP contribution is -1.84. The summed E-state index contributed by atoms with van der Waals surface area (Å²) in [6, 6.07) is 9.54. The van der Waals surface area contributed by atoms with E-state index in [1.165, 1.54) is 6.20 Å². The van der Waals surface area contributed by atoms with E-state index < -0.39 is 0 Å². The van der Waals surface area contributed by atoms with Gasteiger partial charge in [0, 0.05) is 46.1 Å². The summed E-state index contributed by atoms with van der Waals surface area (Å²) >= 11 is 0. The van der Waals surface area contributed by atoms with Crippen molar-refractivity contribution in [3.05, 3.63) is 67.6 Å². The molecular weight excluding hydrogens is 380 g/mol. The van der Waals surface area contributed by atoms with Crippen LogP contribution in [0.25, 0.3) is 55.7 Å². The molecule has 0 atom stereocenters. The van der Waals surface area contributed by atoms with E-state index >= 15 is 0 Å². The van der Waals surface area contributed by atoms with Crippen molar-refractivity contribution in [3.8, 4) is 39.4 Å². The topological polar surface area (TPSA) is 117 Å². The number of pyridine rings is 3.